The van der Waals surface area contributed by atoms with Crippen LogP contribution >= 0.6 is 0 Å². The van der Waals surface area contributed by atoms with E-state index in [0.717, 1.165) is 29.5 Å². The first-order chi connectivity index (χ1) is 13.6. The Balaban J connectivity index is 1.38. The lowest BCUT2D eigenvalue weighted by Gasteiger charge is -2.08. The van der Waals surface area contributed by atoms with Gasteiger partial charge in [-0.05, 0) is 25.5 Å². The van der Waals surface area contributed by atoms with Crippen molar-refractivity contribution >= 4 is 22.5 Å². The van der Waals surface area contributed by atoms with Crippen molar-refractivity contribution in [3.63, 3.8) is 0 Å². The maximum atomic E-state index is 12.7. The van der Waals surface area contributed by atoms with Gasteiger partial charge >= 0.3 is 0 Å². The topological polar surface area (TPSA) is 68.5 Å². The van der Waals surface area contributed by atoms with Gasteiger partial charge in [0.2, 0.25) is 0 Å². The summed E-state index contributed by atoms with van der Waals surface area (Å²) in [6.07, 6.45) is 1.55. The Morgan fingerprint density at radius 2 is 1.93 bits per heavy atom. The summed E-state index contributed by atoms with van der Waals surface area (Å²) in [5, 5.41) is 12.5. The van der Waals surface area contributed by atoms with Gasteiger partial charge in [0.25, 0.3) is 5.91 Å². The molecule has 1 N–H and O–H groups in total. The van der Waals surface area contributed by atoms with Crippen molar-refractivity contribution in [1.82, 2.24) is 15.1 Å². The lowest BCUT2D eigenvalue weighted by atomic mass is 10.0. The number of oxime groups is 1. The molecule has 2 aromatic carbocycles. The van der Waals surface area contributed by atoms with Gasteiger partial charge in [0.15, 0.2) is 5.69 Å². The lowest BCUT2D eigenvalue weighted by Crippen LogP contribution is -2.30. The van der Waals surface area contributed by atoms with Crippen LogP contribution < -0.4 is 5.32 Å². The number of benzene rings is 2. The molecule has 0 saturated heterocycles. The molecule has 0 saturated carbocycles. The molecule has 28 heavy (non-hydrogen) atoms. The highest BCUT2D eigenvalue weighted by Gasteiger charge is 2.23. The smallest absolute Gasteiger partial charge is 0.272 e. The van der Waals surface area contributed by atoms with E-state index in [4.69, 9.17) is 4.84 Å². The maximum absolute atomic E-state index is 12.7. The van der Waals surface area contributed by atoms with E-state index in [1.54, 1.807) is 0 Å². The third-order valence-electron chi connectivity index (χ3n) is 4.87. The first-order valence-corrected chi connectivity index (χ1v) is 9.62. The fourth-order valence-electron chi connectivity index (χ4n) is 3.49. The molecule has 4 rings (SSSR count). The second-order valence-corrected chi connectivity index (χ2v) is 7.37. The van der Waals surface area contributed by atoms with Gasteiger partial charge < -0.3 is 10.2 Å². The predicted octanol–water partition coefficient (Wildman–Crippen LogP) is 3.73. The van der Waals surface area contributed by atoms with Crippen molar-refractivity contribution in [2.45, 2.75) is 38.8 Å². The minimum atomic E-state index is -0.190. The zero-order valence-corrected chi connectivity index (χ0v) is 16.1. The number of aromatic nitrogens is 2. The number of carbonyl (C=O) groups is 1. The van der Waals surface area contributed by atoms with Crippen LogP contribution in [0.1, 0.15) is 42.4 Å². The Labute approximate surface area is 164 Å². The van der Waals surface area contributed by atoms with E-state index in [9.17, 15) is 4.79 Å². The van der Waals surface area contributed by atoms with E-state index in [1.807, 2.05) is 47.1 Å². The van der Waals surface area contributed by atoms with Crippen molar-refractivity contribution in [2.24, 2.45) is 5.16 Å². The molecule has 0 bridgehead atoms. The first kappa shape index (κ1) is 18.2. The number of fused-ring (bicyclic) bond motifs is 1. The average Bonchev–Trinajstić information content (AvgIpc) is 3.31. The fourth-order valence-corrected chi connectivity index (χ4v) is 3.49. The van der Waals surface area contributed by atoms with Crippen LogP contribution in [-0.2, 0) is 11.3 Å². The molecule has 6 heteroatoms. The Morgan fingerprint density at radius 3 is 2.71 bits per heavy atom. The SMILES string of the molecule is CC(C)n1nc(C(=O)NCC2=NOC(Cc3ccccc3)C2)c2ccccc21. The van der Waals surface area contributed by atoms with Crippen molar-refractivity contribution in [3.8, 4) is 0 Å². The van der Waals surface area contributed by atoms with E-state index in [-0.39, 0.29) is 18.1 Å². The van der Waals surface area contributed by atoms with Gasteiger partial charge in [-0.25, -0.2) is 0 Å². The molecule has 0 spiro atoms. The number of hydrogen-bond acceptors (Lipinski definition) is 4. The van der Waals surface area contributed by atoms with Crippen LogP contribution in [0.25, 0.3) is 10.9 Å². The number of para-hydroxylation sites is 1. The summed E-state index contributed by atoms with van der Waals surface area (Å²) in [6.45, 7) is 4.48. The summed E-state index contributed by atoms with van der Waals surface area (Å²) in [5.74, 6) is -0.190. The highest BCUT2D eigenvalue weighted by atomic mass is 16.6. The number of amides is 1. The molecule has 1 aliphatic heterocycles. The quantitative estimate of drug-likeness (QED) is 0.713. The molecule has 1 unspecified atom stereocenters. The standard InChI is InChI=1S/C22H24N4O2/c1-15(2)26-20-11-7-6-10-19(20)21(24-26)22(27)23-14-17-13-18(28-25-17)12-16-8-4-3-5-9-16/h3-11,15,18H,12-14H2,1-2H3,(H,23,27). The van der Waals surface area contributed by atoms with Crippen LogP contribution in [0.15, 0.2) is 59.8 Å². The summed E-state index contributed by atoms with van der Waals surface area (Å²) in [6, 6.07) is 18.2. The Hall–Kier alpha value is -3.15. The van der Waals surface area contributed by atoms with Crippen LogP contribution in [0.3, 0.4) is 0 Å². The van der Waals surface area contributed by atoms with Gasteiger partial charge in [-0.15, -0.1) is 0 Å². The molecular formula is C22H24N4O2. The molecule has 6 nitrogen and oxygen atoms in total. The first-order valence-electron chi connectivity index (χ1n) is 9.62. The normalized spacial score (nSPS) is 16.2. The molecule has 0 fully saturated rings. The van der Waals surface area contributed by atoms with Crippen molar-refractivity contribution in [3.05, 3.63) is 65.9 Å². The Bertz CT molecular complexity index is 1010. The largest absolute Gasteiger partial charge is 0.392 e. The van der Waals surface area contributed by atoms with E-state index >= 15 is 0 Å². The Kier molecular flexibility index (Phi) is 5.10. The molecule has 144 valence electrons. The van der Waals surface area contributed by atoms with Gasteiger partial charge in [0.05, 0.1) is 17.8 Å². The van der Waals surface area contributed by atoms with Crippen LogP contribution in [0.5, 0.6) is 0 Å². The van der Waals surface area contributed by atoms with Gasteiger partial charge in [-0.3, -0.25) is 9.48 Å². The summed E-state index contributed by atoms with van der Waals surface area (Å²) in [7, 11) is 0. The molecule has 2 heterocycles. The number of nitrogens with one attached hydrogen (secondary N) is 1. The molecule has 1 aromatic heterocycles. The van der Waals surface area contributed by atoms with E-state index in [1.165, 1.54) is 5.56 Å². The van der Waals surface area contributed by atoms with E-state index in [2.05, 4.69) is 41.6 Å². The lowest BCUT2D eigenvalue weighted by molar-refractivity contribution is 0.0859. The maximum Gasteiger partial charge on any atom is 0.272 e. The second kappa shape index (κ2) is 7.84. The van der Waals surface area contributed by atoms with Gasteiger partial charge in [0.1, 0.15) is 6.10 Å². The van der Waals surface area contributed by atoms with Crippen LogP contribution in [-0.4, -0.2) is 34.0 Å². The van der Waals surface area contributed by atoms with Crippen LogP contribution in [0.2, 0.25) is 0 Å². The zero-order chi connectivity index (χ0) is 19.5. The second-order valence-electron chi connectivity index (χ2n) is 7.37. The summed E-state index contributed by atoms with van der Waals surface area (Å²) in [5.41, 5.74) is 3.48. The number of carbonyl (C=O) groups excluding carboxylic acids is 1. The van der Waals surface area contributed by atoms with Crippen molar-refractivity contribution < 1.29 is 9.63 Å². The van der Waals surface area contributed by atoms with Crippen molar-refractivity contribution in [2.75, 3.05) is 6.54 Å². The minimum Gasteiger partial charge on any atom is -0.392 e. The van der Waals surface area contributed by atoms with Gasteiger partial charge in [-0.1, -0.05) is 53.7 Å². The number of nitrogens with zero attached hydrogens (tertiary/aromatic N) is 3. The number of rotatable bonds is 6. The van der Waals surface area contributed by atoms with Crippen LogP contribution in [0, 0.1) is 0 Å². The minimum absolute atomic E-state index is 0.0234. The molecular weight excluding hydrogens is 352 g/mol. The summed E-state index contributed by atoms with van der Waals surface area (Å²) < 4.78 is 1.89. The summed E-state index contributed by atoms with van der Waals surface area (Å²) >= 11 is 0. The zero-order valence-electron chi connectivity index (χ0n) is 16.1. The Morgan fingerprint density at radius 1 is 1.18 bits per heavy atom. The molecule has 3 aromatic rings. The average molecular weight is 376 g/mol. The molecule has 0 aliphatic carbocycles. The monoisotopic (exact) mass is 376 g/mol. The molecule has 1 amide bonds. The van der Waals surface area contributed by atoms with Gasteiger partial charge in [-0.2, -0.15) is 5.10 Å². The van der Waals surface area contributed by atoms with E-state index in [0.29, 0.717) is 12.2 Å². The fraction of sp³-hybridized carbons (Fsp3) is 0.318. The molecule has 0 radical (unpaired) electrons. The van der Waals surface area contributed by atoms with Gasteiger partial charge in [0, 0.05) is 24.3 Å². The summed E-state index contributed by atoms with van der Waals surface area (Å²) in [4.78, 5) is 18.3. The highest BCUT2D eigenvalue weighted by molar-refractivity contribution is 6.06. The van der Waals surface area contributed by atoms with Crippen LogP contribution in [0.4, 0.5) is 0 Å². The third-order valence-corrected chi connectivity index (χ3v) is 4.87. The van der Waals surface area contributed by atoms with E-state index < -0.39 is 0 Å². The number of hydrogen-bond donors (Lipinski definition) is 1. The third kappa shape index (κ3) is 3.76. The highest BCUT2D eigenvalue weighted by Crippen LogP contribution is 2.22. The molecule has 1 aliphatic rings. The molecule has 1 atom stereocenters. The predicted molar refractivity (Wildman–Crippen MR) is 110 cm³/mol. The van der Waals surface area contributed by atoms with Crippen molar-refractivity contribution in [1.29, 1.82) is 0 Å².